The Morgan fingerprint density at radius 3 is 2.90 bits per heavy atom. The van der Waals surface area contributed by atoms with Gasteiger partial charge in [-0.1, -0.05) is 29.8 Å². The van der Waals surface area contributed by atoms with Crippen molar-refractivity contribution >= 4 is 5.97 Å². The van der Waals surface area contributed by atoms with Gasteiger partial charge in [-0.25, -0.2) is 0 Å². The van der Waals surface area contributed by atoms with Crippen molar-refractivity contribution in [2.24, 2.45) is 5.73 Å². The van der Waals surface area contributed by atoms with E-state index in [1.165, 1.54) is 7.11 Å². The first-order valence-corrected chi connectivity index (χ1v) is 7.59. The second-order valence-corrected chi connectivity index (χ2v) is 5.82. The molecule has 2 N–H and O–H groups in total. The number of ether oxygens (including phenoxy) is 2. The molecule has 1 aliphatic rings. The number of carbonyl (C=O) groups excluding carboxylic acids is 1. The predicted octanol–water partition coefficient (Wildman–Crippen LogP) is 2.32. The van der Waals surface area contributed by atoms with E-state index in [0.717, 1.165) is 37.0 Å². The minimum absolute atomic E-state index is 0.241. The quantitative estimate of drug-likeness (QED) is 0.817. The van der Waals surface area contributed by atoms with E-state index in [-0.39, 0.29) is 18.6 Å². The number of benzene rings is 1. The molecule has 1 aromatic rings. The number of rotatable bonds is 6. The highest BCUT2D eigenvalue weighted by molar-refractivity contribution is 5.83. The van der Waals surface area contributed by atoms with Gasteiger partial charge in [0.15, 0.2) is 0 Å². The summed E-state index contributed by atoms with van der Waals surface area (Å²) in [5.74, 6) is -0.256. The third-order valence-electron chi connectivity index (χ3n) is 4.41. The smallest absolute Gasteiger partial charge is 0.317 e. The normalized spacial score (nSPS) is 21.0. The van der Waals surface area contributed by atoms with Gasteiger partial charge < -0.3 is 15.2 Å². The summed E-state index contributed by atoms with van der Waals surface area (Å²) >= 11 is 0. The number of aryl methyl sites for hydroxylation is 1. The van der Waals surface area contributed by atoms with Gasteiger partial charge in [-0.05, 0) is 38.2 Å². The van der Waals surface area contributed by atoms with Gasteiger partial charge in [-0.2, -0.15) is 0 Å². The summed E-state index contributed by atoms with van der Waals surface area (Å²) in [6.45, 7) is 3.08. The molecule has 0 aromatic heterocycles. The second kappa shape index (κ2) is 7.05. The Balaban J connectivity index is 2.26. The van der Waals surface area contributed by atoms with Crippen molar-refractivity contribution < 1.29 is 14.3 Å². The SMILES string of the molecule is COC(=O)C(CN)(CCC1CCCO1)c1cccc(C)c1. The Morgan fingerprint density at radius 2 is 2.33 bits per heavy atom. The molecule has 4 nitrogen and oxygen atoms in total. The van der Waals surface area contributed by atoms with Gasteiger partial charge in [0.05, 0.1) is 13.2 Å². The Labute approximate surface area is 126 Å². The third-order valence-corrected chi connectivity index (χ3v) is 4.41. The Hall–Kier alpha value is -1.39. The minimum atomic E-state index is -0.771. The monoisotopic (exact) mass is 291 g/mol. The molecule has 1 heterocycles. The molecule has 1 aliphatic heterocycles. The summed E-state index contributed by atoms with van der Waals surface area (Å²) in [5.41, 5.74) is 7.30. The summed E-state index contributed by atoms with van der Waals surface area (Å²) in [5, 5.41) is 0. The highest BCUT2D eigenvalue weighted by atomic mass is 16.5. The maximum atomic E-state index is 12.4. The lowest BCUT2D eigenvalue weighted by molar-refractivity contribution is -0.147. The van der Waals surface area contributed by atoms with Crippen LogP contribution in [0, 0.1) is 6.92 Å². The second-order valence-electron chi connectivity index (χ2n) is 5.82. The van der Waals surface area contributed by atoms with Crippen LogP contribution >= 0.6 is 0 Å². The zero-order valence-electron chi connectivity index (χ0n) is 12.9. The molecule has 2 rings (SSSR count). The van der Waals surface area contributed by atoms with Gasteiger partial charge in [-0.3, -0.25) is 4.79 Å². The predicted molar refractivity (Wildman–Crippen MR) is 82.1 cm³/mol. The van der Waals surface area contributed by atoms with E-state index in [4.69, 9.17) is 15.2 Å². The lowest BCUT2D eigenvalue weighted by Gasteiger charge is -2.31. The van der Waals surface area contributed by atoms with Crippen molar-refractivity contribution in [3.05, 3.63) is 35.4 Å². The van der Waals surface area contributed by atoms with E-state index in [2.05, 4.69) is 0 Å². The molecular weight excluding hydrogens is 266 g/mol. The van der Waals surface area contributed by atoms with Crippen LogP contribution in [0.15, 0.2) is 24.3 Å². The van der Waals surface area contributed by atoms with E-state index in [9.17, 15) is 4.79 Å². The molecule has 0 spiro atoms. The van der Waals surface area contributed by atoms with Crippen LogP contribution in [0.1, 0.15) is 36.8 Å². The minimum Gasteiger partial charge on any atom is -0.468 e. The highest BCUT2D eigenvalue weighted by Gasteiger charge is 2.40. The molecule has 21 heavy (non-hydrogen) atoms. The van der Waals surface area contributed by atoms with Gasteiger partial charge >= 0.3 is 5.97 Å². The number of nitrogens with two attached hydrogens (primary N) is 1. The van der Waals surface area contributed by atoms with Gasteiger partial charge in [0.25, 0.3) is 0 Å². The Kier molecular flexibility index (Phi) is 5.37. The summed E-state index contributed by atoms with van der Waals surface area (Å²) in [7, 11) is 1.43. The number of hydrogen-bond donors (Lipinski definition) is 1. The summed E-state index contributed by atoms with van der Waals surface area (Å²) in [6.07, 6.45) is 3.90. The molecule has 2 atom stereocenters. The molecule has 1 saturated heterocycles. The Morgan fingerprint density at radius 1 is 1.52 bits per heavy atom. The van der Waals surface area contributed by atoms with Gasteiger partial charge in [-0.15, -0.1) is 0 Å². The van der Waals surface area contributed by atoms with Crippen LogP contribution in [0.3, 0.4) is 0 Å². The molecule has 116 valence electrons. The first-order chi connectivity index (χ1) is 10.1. The number of hydrogen-bond acceptors (Lipinski definition) is 4. The van der Waals surface area contributed by atoms with E-state index < -0.39 is 5.41 Å². The van der Waals surface area contributed by atoms with Crippen LogP contribution in [0.4, 0.5) is 0 Å². The molecule has 0 aliphatic carbocycles. The van der Waals surface area contributed by atoms with E-state index in [0.29, 0.717) is 6.42 Å². The molecule has 2 unspecified atom stereocenters. The third kappa shape index (κ3) is 3.44. The zero-order valence-corrected chi connectivity index (χ0v) is 12.9. The van der Waals surface area contributed by atoms with Crippen molar-refractivity contribution in [3.63, 3.8) is 0 Å². The van der Waals surface area contributed by atoms with E-state index >= 15 is 0 Å². The first-order valence-electron chi connectivity index (χ1n) is 7.59. The van der Waals surface area contributed by atoms with Gasteiger partial charge in [0.1, 0.15) is 5.41 Å². The molecule has 0 bridgehead atoms. The molecule has 0 amide bonds. The average Bonchev–Trinajstić information content (AvgIpc) is 3.01. The van der Waals surface area contributed by atoms with Gasteiger partial charge in [0, 0.05) is 13.2 Å². The van der Waals surface area contributed by atoms with Gasteiger partial charge in [0.2, 0.25) is 0 Å². The highest BCUT2D eigenvalue weighted by Crippen LogP contribution is 2.33. The van der Waals surface area contributed by atoms with Crippen LogP contribution in [-0.2, 0) is 19.7 Å². The molecule has 0 radical (unpaired) electrons. The van der Waals surface area contributed by atoms with Crippen LogP contribution in [0.5, 0.6) is 0 Å². The lowest BCUT2D eigenvalue weighted by atomic mass is 9.75. The summed E-state index contributed by atoms with van der Waals surface area (Å²) in [6, 6.07) is 7.97. The van der Waals surface area contributed by atoms with Crippen molar-refractivity contribution in [2.45, 2.75) is 44.1 Å². The molecule has 4 heteroatoms. The Bertz CT molecular complexity index is 483. The topological polar surface area (TPSA) is 61.5 Å². The van der Waals surface area contributed by atoms with Crippen LogP contribution in [-0.4, -0.2) is 32.3 Å². The van der Waals surface area contributed by atoms with Crippen LogP contribution < -0.4 is 5.73 Å². The molecular formula is C17H25NO3. The largest absolute Gasteiger partial charge is 0.468 e. The van der Waals surface area contributed by atoms with Crippen molar-refractivity contribution in [3.8, 4) is 0 Å². The lowest BCUT2D eigenvalue weighted by Crippen LogP contribution is -2.44. The number of carbonyl (C=O) groups is 1. The first kappa shape index (κ1) is 16.0. The number of methoxy groups -OCH3 is 1. The maximum absolute atomic E-state index is 12.4. The van der Waals surface area contributed by atoms with Crippen molar-refractivity contribution in [1.82, 2.24) is 0 Å². The summed E-state index contributed by atoms with van der Waals surface area (Å²) in [4.78, 5) is 12.4. The fourth-order valence-corrected chi connectivity index (χ4v) is 3.08. The fraction of sp³-hybridized carbons (Fsp3) is 0.588. The van der Waals surface area contributed by atoms with Crippen LogP contribution in [0.2, 0.25) is 0 Å². The van der Waals surface area contributed by atoms with E-state index in [1.54, 1.807) is 0 Å². The molecule has 1 fully saturated rings. The fourth-order valence-electron chi connectivity index (χ4n) is 3.08. The standard InChI is InChI=1S/C17H25NO3/c1-13-5-3-6-14(11-13)17(12-18,16(19)20-2)9-8-15-7-4-10-21-15/h3,5-6,11,15H,4,7-10,12,18H2,1-2H3. The molecule has 0 saturated carbocycles. The van der Waals surface area contributed by atoms with Crippen molar-refractivity contribution in [1.29, 1.82) is 0 Å². The zero-order chi connectivity index (χ0) is 15.3. The van der Waals surface area contributed by atoms with Crippen molar-refractivity contribution in [2.75, 3.05) is 20.3 Å². The average molecular weight is 291 g/mol. The van der Waals surface area contributed by atoms with Crippen LogP contribution in [0.25, 0.3) is 0 Å². The van der Waals surface area contributed by atoms with E-state index in [1.807, 2.05) is 31.2 Å². The summed E-state index contributed by atoms with van der Waals surface area (Å²) < 4.78 is 10.7. The number of esters is 1. The molecule has 1 aromatic carbocycles. The maximum Gasteiger partial charge on any atom is 0.317 e.